The number of amides is 1. The Morgan fingerprint density at radius 1 is 1.61 bits per heavy atom. The van der Waals surface area contributed by atoms with E-state index in [-0.39, 0.29) is 5.91 Å². The lowest BCUT2D eigenvalue weighted by molar-refractivity contribution is -0.117. The Balaban J connectivity index is 1.90. The smallest absolute Gasteiger partial charge is 0.238 e. The van der Waals surface area contributed by atoms with Crippen LogP contribution < -0.4 is 10.6 Å². The summed E-state index contributed by atoms with van der Waals surface area (Å²) >= 11 is 9.37. The van der Waals surface area contributed by atoms with Crippen LogP contribution in [0.2, 0.25) is 5.02 Å². The first kappa shape index (κ1) is 13.8. The summed E-state index contributed by atoms with van der Waals surface area (Å²) in [6.07, 6.45) is 0. The van der Waals surface area contributed by atoms with Gasteiger partial charge < -0.3 is 10.6 Å². The number of anilines is 1. The molecule has 98 valence electrons. The van der Waals surface area contributed by atoms with E-state index in [0.29, 0.717) is 23.3 Å². The molecule has 4 nitrogen and oxygen atoms in total. The highest BCUT2D eigenvalue weighted by Gasteiger charge is 2.23. The predicted molar refractivity (Wildman–Crippen MR) is 77.1 cm³/mol. The van der Waals surface area contributed by atoms with Crippen LogP contribution in [0.3, 0.4) is 0 Å². The monoisotopic (exact) mass is 331 g/mol. The van der Waals surface area contributed by atoms with Crippen LogP contribution in [-0.4, -0.2) is 43.5 Å². The molecule has 1 saturated heterocycles. The molecule has 1 aromatic rings. The van der Waals surface area contributed by atoms with Crippen LogP contribution in [0, 0.1) is 0 Å². The van der Waals surface area contributed by atoms with Crippen molar-refractivity contribution < 1.29 is 4.79 Å². The minimum absolute atomic E-state index is 0.0476. The number of halogens is 2. The average Bonchev–Trinajstić information content (AvgIpc) is 2.19. The number of hydrogen-bond donors (Lipinski definition) is 2. The molecule has 0 radical (unpaired) electrons. The third-order valence-electron chi connectivity index (χ3n) is 2.98. The fraction of sp³-hybridized carbons (Fsp3) is 0.417. The first-order valence-electron chi connectivity index (χ1n) is 5.72. The van der Waals surface area contributed by atoms with E-state index in [4.69, 9.17) is 11.6 Å². The van der Waals surface area contributed by atoms with Gasteiger partial charge in [0.05, 0.1) is 17.3 Å². The molecule has 0 spiro atoms. The van der Waals surface area contributed by atoms with Crippen LogP contribution in [0.5, 0.6) is 0 Å². The van der Waals surface area contributed by atoms with Crippen LogP contribution >= 0.6 is 27.5 Å². The lowest BCUT2D eigenvalue weighted by Gasteiger charge is -2.35. The van der Waals surface area contributed by atoms with Crippen LogP contribution in [0.1, 0.15) is 0 Å². The molecule has 0 aromatic heterocycles. The summed E-state index contributed by atoms with van der Waals surface area (Å²) in [7, 11) is 1.95. The minimum atomic E-state index is -0.0476. The van der Waals surface area contributed by atoms with Crippen molar-refractivity contribution in [2.75, 3.05) is 32.0 Å². The maximum atomic E-state index is 11.9. The molecule has 1 aromatic carbocycles. The van der Waals surface area contributed by atoms with Crippen molar-refractivity contribution in [2.45, 2.75) is 6.04 Å². The van der Waals surface area contributed by atoms with E-state index < -0.39 is 0 Å². The van der Waals surface area contributed by atoms with E-state index in [1.54, 1.807) is 12.1 Å². The van der Waals surface area contributed by atoms with Gasteiger partial charge in [-0.15, -0.1) is 0 Å². The largest absolute Gasteiger partial charge is 0.324 e. The molecule has 1 fully saturated rings. The molecule has 1 heterocycles. The zero-order valence-corrected chi connectivity index (χ0v) is 12.4. The summed E-state index contributed by atoms with van der Waals surface area (Å²) in [4.78, 5) is 13.9. The number of carbonyl (C=O) groups is 1. The molecule has 0 aliphatic carbocycles. The molecule has 6 heteroatoms. The normalized spacial score (nSPS) is 15.6. The highest BCUT2D eigenvalue weighted by atomic mass is 79.9. The number of rotatable bonds is 4. The molecule has 0 atom stereocenters. The number of benzene rings is 1. The lowest BCUT2D eigenvalue weighted by Crippen LogP contribution is -2.57. The fourth-order valence-corrected chi connectivity index (χ4v) is 2.44. The summed E-state index contributed by atoms with van der Waals surface area (Å²) in [5, 5.41) is 6.53. The molecule has 2 rings (SSSR count). The topological polar surface area (TPSA) is 44.4 Å². The molecule has 0 saturated carbocycles. The maximum Gasteiger partial charge on any atom is 0.238 e. The van der Waals surface area contributed by atoms with Gasteiger partial charge >= 0.3 is 0 Å². The van der Waals surface area contributed by atoms with E-state index in [1.807, 2.05) is 18.0 Å². The first-order chi connectivity index (χ1) is 8.56. The second kappa shape index (κ2) is 6.02. The Labute approximate surface area is 120 Å². The number of nitrogens with one attached hydrogen (secondary N) is 2. The van der Waals surface area contributed by atoms with Gasteiger partial charge in [-0.3, -0.25) is 9.69 Å². The zero-order chi connectivity index (χ0) is 13.1. The SMILES string of the molecule is CN(CC(=O)Nc1ccc(Br)cc1Cl)C1CNC1. The molecular weight excluding hydrogens is 318 g/mol. The molecule has 1 aliphatic rings. The third-order valence-corrected chi connectivity index (χ3v) is 3.79. The van der Waals surface area contributed by atoms with Gasteiger partial charge in [-0.2, -0.15) is 0 Å². The lowest BCUT2D eigenvalue weighted by atomic mass is 10.1. The van der Waals surface area contributed by atoms with E-state index in [1.165, 1.54) is 0 Å². The molecule has 1 aliphatic heterocycles. The number of nitrogens with zero attached hydrogens (tertiary/aromatic N) is 1. The van der Waals surface area contributed by atoms with E-state index >= 15 is 0 Å². The summed E-state index contributed by atoms with van der Waals surface area (Å²) < 4.78 is 0.892. The average molecular weight is 333 g/mol. The molecule has 2 N–H and O–H groups in total. The summed E-state index contributed by atoms with van der Waals surface area (Å²) in [6, 6.07) is 5.85. The Kier molecular flexibility index (Phi) is 4.61. The summed E-state index contributed by atoms with van der Waals surface area (Å²) in [6.45, 7) is 2.27. The molecular formula is C12H15BrClN3O. The van der Waals surface area contributed by atoms with E-state index in [0.717, 1.165) is 17.6 Å². The zero-order valence-electron chi connectivity index (χ0n) is 10.0. The van der Waals surface area contributed by atoms with Gasteiger partial charge in [-0.25, -0.2) is 0 Å². The quantitative estimate of drug-likeness (QED) is 0.886. The Hall–Kier alpha value is -0.620. The Morgan fingerprint density at radius 2 is 2.33 bits per heavy atom. The number of likely N-dealkylation sites (N-methyl/N-ethyl adjacent to an activating group) is 1. The van der Waals surface area contributed by atoms with Gasteiger partial charge in [-0.05, 0) is 25.2 Å². The first-order valence-corrected chi connectivity index (χ1v) is 6.89. The maximum absolute atomic E-state index is 11.9. The van der Waals surface area contributed by atoms with Crippen molar-refractivity contribution in [3.05, 3.63) is 27.7 Å². The second-order valence-electron chi connectivity index (χ2n) is 4.40. The van der Waals surface area contributed by atoms with Crippen molar-refractivity contribution in [3.8, 4) is 0 Å². The predicted octanol–water partition coefficient (Wildman–Crippen LogP) is 1.94. The Bertz CT molecular complexity index is 451. The van der Waals surface area contributed by atoms with E-state index in [2.05, 4.69) is 26.6 Å². The summed E-state index contributed by atoms with van der Waals surface area (Å²) in [5.74, 6) is -0.0476. The van der Waals surface area contributed by atoms with Crippen LogP contribution in [0.25, 0.3) is 0 Å². The fourth-order valence-electron chi connectivity index (χ4n) is 1.72. The van der Waals surface area contributed by atoms with Crippen molar-refractivity contribution >= 4 is 39.1 Å². The second-order valence-corrected chi connectivity index (χ2v) is 5.72. The standard InChI is InChI=1S/C12H15BrClN3O/c1-17(9-5-15-6-9)7-12(18)16-11-3-2-8(13)4-10(11)14/h2-4,9,15H,5-7H2,1H3,(H,16,18). The van der Waals surface area contributed by atoms with E-state index in [9.17, 15) is 4.79 Å². The molecule has 0 unspecified atom stereocenters. The summed E-state index contributed by atoms with van der Waals surface area (Å²) in [5.41, 5.74) is 0.644. The van der Waals surface area contributed by atoms with Gasteiger partial charge in [-0.1, -0.05) is 27.5 Å². The third kappa shape index (κ3) is 3.45. The van der Waals surface area contributed by atoms with Gasteiger partial charge in [0.2, 0.25) is 5.91 Å². The highest BCUT2D eigenvalue weighted by molar-refractivity contribution is 9.10. The minimum Gasteiger partial charge on any atom is -0.324 e. The van der Waals surface area contributed by atoms with Crippen molar-refractivity contribution in [3.63, 3.8) is 0 Å². The van der Waals surface area contributed by atoms with Crippen LogP contribution in [0.15, 0.2) is 22.7 Å². The highest BCUT2D eigenvalue weighted by Crippen LogP contribution is 2.25. The van der Waals surface area contributed by atoms with Crippen molar-refractivity contribution in [1.29, 1.82) is 0 Å². The molecule has 1 amide bonds. The van der Waals surface area contributed by atoms with Crippen molar-refractivity contribution in [1.82, 2.24) is 10.2 Å². The van der Waals surface area contributed by atoms with Gasteiger partial charge in [0, 0.05) is 23.6 Å². The van der Waals surface area contributed by atoms with Gasteiger partial charge in [0.25, 0.3) is 0 Å². The number of carbonyl (C=O) groups excluding carboxylic acids is 1. The molecule has 18 heavy (non-hydrogen) atoms. The van der Waals surface area contributed by atoms with Crippen LogP contribution in [-0.2, 0) is 4.79 Å². The van der Waals surface area contributed by atoms with Gasteiger partial charge in [0.1, 0.15) is 0 Å². The Morgan fingerprint density at radius 3 is 2.89 bits per heavy atom. The molecule has 0 bridgehead atoms. The van der Waals surface area contributed by atoms with Gasteiger partial charge in [0.15, 0.2) is 0 Å². The van der Waals surface area contributed by atoms with Crippen LogP contribution in [0.4, 0.5) is 5.69 Å². The number of hydrogen-bond acceptors (Lipinski definition) is 3. The van der Waals surface area contributed by atoms with Crippen molar-refractivity contribution in [2.24, 2.45) is 0 Å².